The van der Waals surface area contributed by atoms with Crippen LogP contribution in [0.15, 0.2) is 24.3 Å². The molecule has 0 spiro atoms. The summed E-state index contributed by atoms with van der Waals surface area (Å²) in [5.41, 5.74) is -0.798. The fraction of sp³-hybridized carbons (Fsp3) is 0.588. The zero-order chi connectivity index (χ0) is 17.6. The number of benzene rings is 1. The van der Waals surface area contributed by atoms with Crippen molar-refractivity contribution in [3.05, 3.63) is 29.8 Å². The lowest BCUT2D eigenvalue weighted by atomic mass is 9.97. The van der Waals surface area contributed by atoms with Gasteiger partial charge in [0, 0.05) is 5.92 Å². The molecule has 1 amide bonds. The Morgan fingerprint density at radius 1 is 1.32 bits per heavy atom. The SMILES string of the molecule is CCC(CNC(=O)C1CCNCC1)Oc1ccccc1C(F)(F)F.Cl. The van der Waals surface area contributed by atoms with Crippen molar-refractivity contribution in [1.82, 2.24) is 10.6 Å². The van der Waals surface area contributed by atoms with Crippen molar-refractivity contribution in [1.29, 1.82) is 0 Å². The summed E-state index contributed by atoms with van der Waals surface area (Å²) in [7, 11) is 0. The van der Waals surface area contributed by atoms with Crippen molar-refractivity contribution < 1.29 is 22.7 Å². The smallest absolute Gasteiger partial charge is 0.419 e. The molecule has 1 aliphatic rings. The molecule has 0 saturated carbocycles. The monoisotopic (exact) mass is 380 g/mol. The number of piperidine rings is 1. The van der Waals surface area contributed by atoms with E-state index < -0.39 is 17.8 Å². The normalized spacial score (nSPS) is 16.6. The Balaban J connectivity index is 0.00000312. The first-order chi connectivity index (χ1) is 11.4. The molecule has 1 heterocycles. The quantitative estimate of drug-likeness (QED) is 0.795. The van der Waals surface area contributed by atoms with Crippen LogP contribution >= 0.6 is 12.4 Å². The Bertz CT molecular complexity index is 549. The molecule has 1 fully saturated rings. The average molecular weight is 381 g/mol. The summed E-state index contributed by atoms with van der Waals surface area (Å²) in [6.45, 7) is 3.64. The molecule has 1 aromatic carbocycles. The maximum atomic E-state index is 13.0. The van der Waals surface area contributed by atoms with Crippen LogP contribution in [-0.4, -0.2) is 31.6 Å². The van der Waals surface area contributed by atoms with Crippen LogP contribution in [0.4, 0.5) is 13.2 Å². The molecule has 1 atom stereocenters. The van der Waals surface area contributed by atoms with Gasteiger partial charge in [0.05, 0.1) is 12.1 Å². The van der Waals surface area contributed by atoms with Gasteiger partial charge in [-0.3, -0.25) is 4.79 Å². The lowest BCUT2D eigenvalue weighted by molar-refractivity contribution is -0.139. The molecule has 1 aromatic rings. The molecule has 0 radical (unpaired) electrons. The van der Waals surface area contributed by atoms with Gasteiger partial charge in [0.1, 0.15) is 11.9 Å². The van der Waals surface area contributed by atoms with E-state index in [0.717, 1.165) is 32.0 Å². The number of carbonyl (C=O) groups is 1. The second-order valence-corrected chi connectivity index (χ2v) is 5.91. The van der Waals surface area contributed by atoms with E-state index >= 15 is 0 Å². The molecular weight excluding hydrogens is 357 g/mol. The molecule has 2 N–H and O–H groups in total. The third-order valence-electron chi connectivity index (χ3n) is 4.16. The standard InChI is InChI=1S/C17H23F3N2O2.ClH/c1-2-13(11-22-16(23)12-7-9-21-10-8-12)24-15-6-4-3-5-14(15)17(18,19)20;/h3-6,12-13,21H,2,7-11H2,1H3,(H,22,23);1H. The lowest BCUT2D eigenvalue weighted by Gasteiger charge is -2.24. The lowest BCUT2D eigenvalue weighted by Crippen LogP contribution is -2.42. The highest BCUT2D eigenvalue weighted by atomic mass is 35.5. The van der Waals surface area contributed by atoms with Gasteiger partial charge in [-0.05, 0) is 44.5 Å². The van der Waals surface area contributed by atoms with Crippen LogP contribution in [-0.2, 0) is 11.0 Å². The number of hydrogen-bond donors (Lipinski definition) is 2. The second kappa shape index (κ2) is 9.87. The molecule has 0 aliphatic carbocycles. The summed E-state index contributed by atoms with van der Waals surface area (Å²) in [4.78, 5) is 12.1. The molecule has 1 saturated heterocycles. The number of rotatable bonds is 6. The van der Waals surface area contributed by atoms with Crippen LogP contribution in [0.25, 0.3) is 0 Å². The molecule has 0 bridgehead atoms. The first-order valence-electron chi connectivity index (χ1n) is 8.23. The van der Waals surface area contributed by atoms with E-state index in [9.17, 15) is 18.0 Å². The van der Waals surface area contributed by atoms with Crippen molar-refractivity contribution >= 4 is 18.3 Å². The second-order valence-electron chi connectivity index (χ2n) is 5.91. The topological polar surface area (TPSA) is 50.4 Å². The molecule has 2 rings (SSSR count). The van der Waals surface area contributed by atoms with Crippen LogP contribution in [0, 0.1) is 5.92 Å². The molecule has 25 heavy (non-hydrogen) atoms. The Morgan fingerprint density at radius 3 is 2.56 bits per heavy atom. The molecule has 142 valence electrons. The minimum atomic E-state index is -4.47. The predicted molar refractivity (Wildman–Crippen MR) is 92.0 cm³/mol. The summed E-state index contributed by atoms with van der Waals surface area (Å²) < 4.78 is 44.5. The van der Waals surface area contributed by atoms with Gasteiger partial charge >= 0.3 is 6.18 Å². The van der Waals surface area contributed by atoms with Gasteiger partial charge < -0.3 is 15.4 Å². The Hall–Kier alpha value is -1.47. The average Bonchev–Trinajstić information content (AvgIpc) is 2.58. The summed E-state index contributed by atoms with van der Waals surface area (Å²) in [5.74, 6) is -0.290. The highest BCUT2D eigenvalue weighted by molar-refractivity contribution is 5.85. The highest BCUT2D eigenvalue weighted by Crippen LogP contribution is 2.36. The summed E-state index contributed by atoms with van der Waals surface area (Å²) in [5, 5.41) is 6.00. The molecule has 4 nitrogen and oxygen atoms in total. The van der Waals surface area contributed by atoms with Gasteiger partial charge in [0.15, 0.2) is 0 Å². The molecule has 0 aromatic heterocycles. The van der Waals surface area contributed by atoms with Crippen molar-refractivity contribution in [2.45, 2.75) is 38.5 Å². The van der Waals surface area contributed by atoms with Gasteiger partial charge in [-0.25, -0.2) is 0 Å². The molecular formula is C17H24ClF3N2O2. The van der Waals surface area contributed by atoms with Crippen molar-refractivity contribution in [3.8, 4) is 5.75 Å². The highest BCUT2D eigenvalue weighted by Gasteiger charge is 2.34. The first-order valence-corrected chi connectivity index (χ1v) is 8.23. The van der Waals surface area contributed by atoms with E-state index in [1.165, 1.54) is 18.2 Å². The van der Waals surface area contributed by atoms with Crippen molar-refractivity contribution in [2.24, 2.45) is 5.92 Å². The number of nitrogens with one attached hydrogen (secondary N) is 2. The fourth-order valence-electron chi connectivity index (χ4n) is 2.70. The fourth-order valence-corrected chi connectivity index (χ4v) is 2.70. The molecule has 8 heteroatoms. The Labute approximate surface area is 151 Å². The number of para-hydroxylation sites is 1. The van der Waals surface area contributed by atoms with Crippen LogP contribution < -0.4 is 15.4 Å². The number of amides is 1. The van der Waals surface area contributed by atoms with Gasteiger partial charge in [-0.1, -0.05) is 19.1 Å². The third-order valence-corrected chi connectivity index (χ3v) is 4.16. The zero-order valence-corrected chi connectivity index (χ0v) is 14.9. The summed E-state index contributed by atoms with van der Waals surface area (Å²) in [6.07, 6.45) is -2.91. The zero-order valence-electron chi connectivity index (χ0n) is 14.1. The van der Waals surface area contributed by atoms with E-state index in [1.54, 1.807) is 0 Å². The van der Waals surface area contributed by atoms with Gasteiger partial charge in [-0.2, -0.15) is 13.2 Å². The van der Waals surface area contributed by atoms with Gasteiger partial charge in [-0.15, -0.1) is 12.4 Å². The predicted octanol–water partition coefficient (Wildman–Crippen LogP) is 3.40. The summed E-state index contributed by atoms with van der Waals surface area (Å²) in [6, 6.07) is 5.14. The van der Waals surface area contributed by atoms with E-state index in [1.807, 2.05) is 6.92 Å². The molecule has 1 aliphatic heterocycles. The minimum Gasteiger partial charge on any atom is -0.488 e. The van der Waals surface area contributed by atoms with Crippen molar-refractivity contribution in [3.63, 3.8) is 0 Å². The summed E-state index contributed by atoms with van der Waals surface area (Å²) >= 11 is 0. The molecule has 1 unspecified atom stereocenters. The maximum absolute atomic E-state index is 13.0. The van der Waals surface area contributed by atoms with E-state index in [4.69, 9.17) is 4.74 Å². The van der Waals surface area contributed by atoms with Crippen LogP contribution in [0.5, 0.6) is 5.75 Å². The number of carbonyl (C=O) groups excluding carboxylic acids is 1. The maximum Gasteiger partial charge on any atom is 0.419 e. The third kappa shape index (κ3) is 6.40. The van der Waals surface area contributed by atoms with Gasteiger partial charge in [0.2, 0.25) is 5.91 Å². The van der Waals surface area contributed by atoms with E-state index in [0.29, 0.717) is 6.42 Å². The largest absolute Gasteiger partial charge is 0.488 e. The van der Waals surface area contributed by atoms with Crippen molar-refractivity contribution in [2.75, 3.05) is 19.6 Å². The number of hydrogen-bond acceptors (Lipinski definition) is 3. The Morgan fingerprint density at radius 2 is 1.96 bits per heavy atom. The number of ether oxygens (including phenoxy) is 1. The number of alkyl halides is 3. The van der Waals surface area contributed by atoms with E-state index in [-0.39, 0.29) is 36.5 Å². The van der Waals surface area contributed by atoms with Crippen LogP contribution in [0.1, 0.15) is 31.7 Å². The first kappa shape index (κ1) is 21.6. The van der Waals surface area contributed by atoms with Gasteiger partial charge in [0.25, 0.3) is 0 Å². The minimum absolute atomic E-state index is 0. The van der Waals surface area contributed by atoms with Crippen LogP contribution in [0.2, 0.25) is 0 Å². The Kier molecular flexibility index (Phi) is 8.52. The number of halogens is 4. The van der Waals surface area contributed by atoms with Crippen LogP contribution in [0.3, 0.4) is 0 Å². The van der Waals surface area contributed by atoms with E-state index in [2.05, 4.69) is 10.6 Å².